The van der Waals surface area contributed by atoms with Crippen molar-refractivity contribution in [3.05, 3.63) is 23.3 Å². The topological polar surface area (TPSA) is 81.4 Å². The van der Waals surface area contributed by atoms with Crippen LogP contribution in [0.15, 0.2) is 6.08 Å². The standard InChI is InChI=1S/C12H14N2O4/c1-8-10(2-3-12(16)17)13-11(7-15)14(8)6-9-4-5-18-9/h2-3,7,9H,4-6H2,1H3,(H,16,17)/b3-2+. The Hall–Kier alpha value is -1.95. The summed E-state index contributed by atoms with van der Waals surface area (Å²) >= 11 is 0. The summed E-state index contributed by atoms with van der Waals surface area (Å²) in [5.74, 6) is -0.744. The molecule has 1 aliphatic rings. The van der Waals surface area contributed by atoms with Crippen LogP contribution in [0.3, 0.4) is 0 Å². The van der Waals surface area contributed by atoms with Gasteiger partial charge in [0, 0.05) is 18.4 Å². The highest BCUT2D eigenvalue weighted by Crippen LogP contribution is 2.18. The molecule has 0 amide bonds. The van der Waals surface area contributed by atoms with Gasteiger partial charge in [0.1, 0.15) is 0 Å². The van der Waals surface area contributed by atoms with Crippen LogP contribution >= 0.6 is 0 Å². The lowest BCUT2D eigenvalue weighted by molar-refractivity contribution is -0.131. The van der Waals surface area contributed by atoms with Gasteiger partial charge in [0.25, 0.3) is 0 Å². The fourth-order valence-corrected chi connectivity index (χ4v) is 1.84. The molecular formula is C12H14N2O4. The average molecular weight is 250 g/mol. The van der Waals surface area contributed by atoms with Crippen molar-refractivity contribution in [1.82, 2.24) is 9.55 Å². The number of imidazole rings is 1. The van der Waals surface area contributed by atoms with Crippen LogP contribution in [-0.2, 0) is 16.1 Å². The first kappa shape index (κ1) is 12.5. The van der Waals surface area contributed by atoms with Gasteiger partial charge >= 0.3 is 5.97 Å². The third-order valence-electron chi connectivity index (χ3n) is 2.96. The number of aromatic nitrogens is 2. The van der Waals surface area contributed by atoms with Gasteiger partial charge in [0.05, 0.1) is 18.3 Å². The van der Waals surface area contributed by atoms with Crippen LogP contribution in [0.25, 0.3) is 6.08 Å². The van der Waals surface area contributed by atoms with E-state index in [1.54, 1.807) is 11.5 Å². The maximum absolute atomic E-state index is 11.0. The number of hydrogen-bond donors (Lipinski definition) is 1. The molecule has 96 valence electrons. The lowest BCUT2D eigenvalue weighted by Crippen LogP contribution is -2.32. The number of hydrogen-bond acceptors (Lipinski definition) is 4. The van der Waals surface area contributed by atoms with Gasteiger partial charge in [-0.05, 0) is 19.4 Å². The number of aliphatic carboxylic acids is 1. The summed E-state index contributed by atoms with van der Waals surface area (Å²) in [6, 6.07) is 0. The highest BCUT2D eigenvalue weighted by Gasteiger charge is 2.22. The monoisotopic (exact) mass is 250 g/mol. The average Bonchev–Trinajstić information content (AvgIpc) is 2.58. The first-order chi connectivity index (χ1) is 8.61. The molecule has 1 atom stereocenters. The van der Waals surface area contributed by atoms with Crippen LogP contribution in [0.1, 0.15) is 28.4 Å². The van der Waals surface area contributed by atoms with Crippen LogP contribution in [0.2, 0.25) is 0 Å². The molecule has 2 rings (SSSR count). The minimum atomic E-state index is -1.04. The summed E-state index contributed by atoms with van der Waals surface area (Å²) in [7, 11) is 0. The molecule has 0 bridgehead atoms. The quantitative estimate of drug-likeness (QED) is 0.620. The number of rotatable bonds is 5. The van der Waals surface area contributed by atoms with Crippen molar-refractivity contribution >= 4 is 18.3 Å². The summed E-state index contributed by atoms with van der Waals surface area (Å²) in [5.41, 5.74) is 1.27. The lowest BCUT2D eigenvalue weighted by atomic mass is 10.2. The van der Waals surface area contributed by atoms with E-state index in [1.807, 2.05) is 0 Å². The van der Waals surface area contributed by atoms with Crippen molar-refractivity contribution in [2.75, 3.05) is 6.61 Å². The minimum absolute atomic E-state index is 0.118. The predicted octanol–water partition coefficient (Wildman–Crippen LogP) is 0.891. The van der Waals surface area contributed by atoms with Gasteiger partial charge in [-0.2, -0.15) is 0 Å². The Labute approximate surface area is 104 Å². The molecule has 0 saturated carbocycles. The molecule has 1 aliphatic heterocycles. The summed E-state index contributed by atoms with van der Waals surface area (Å²) < 4.78 is 7.08. The van der Waals surface area contributed by atoms with Crippen molar-refractivity contribution < 1.29 is 19.4 Å². The molecule has 0 aliphatic carbocycles. The molecule has 0 radical (unpaired) electrons. The number of ether oxygens (including phenoxy) is 1. The van der Waals surface area contributed by atoms with Crippen LogP contribution in [0, 0.1) is 6.92 Å². The van der Waals surface area contributed by atoms with Crippen LogP contribution in [0.5, 0.6) is 0 Å². The molecule has 1 unspecified atom stereocenters. The second-order valence-corrected chi connectivity index (χ2v) is 4.12. The molecule has 0 spiro atoms. The minimum Gasteiger partial charge on any atom is -0.478 e. The highest BCUT2D eigenvalue weighted by molar-refractivity contribution is 5.85. The molecule has 1 N–H and O–H groups in total. The van der Waals surface area contributed by atoms with E-state index in [-0.39, 0.29) is 6.10 Å². The van der Waals surface area contributed by atoms with Gasteiger partial charge in [-0.15, -0.1) is 0 Å². The van der Waals surface area contributed by atoms with Gasteiger partial charge in [-0.1, -0.05) is 0 Å². The molecule has 1 saturated heterocycles. The smallest absolute Gasteiger partial charge is 0.328 e. The van der Waals surface area contributed by atoms with Crippen LogP contribution in [0.4, 0.5) is 0 Å². The van der Waals surface area contributed by atoms with E-state index in [0.717, 1.165) is 24.8 Å². The van der Waals surface area contributed by atoms with Gasteiger partial charge in [0.2, 0.25) is 0 Å². The molecular weight excluding hydrogens is 236 g/mol. The van der Waals surface area contributed by atoms with Gasteiger partial charge < -0.3 is 14.4 Å². The Balaban J connectivity index is 2.26. The summed E-state index contributed by atoms with van der Waals surface area (Å²) in [6.07, 6.45) is 4.16. The van der Waals surface area contributed by atoms with Gasteiger partial charge in [-0.25, -0.2) is 9.78 Å². The number of carboxylic acids is 1. The fourth-order valence-electron chi connectivity index (χ4n) is 1.84. The Morgan fingerprint density at radius 1 is 1.67 bits per heavy atom. The zero-order chi connectivity index (χ0) is 13.1. The van der Waals surface area contributed by atoms with Crippen molar-refractivity contribution in [2.24, 2.45) is 0 Å². The largest absolute Gasteiger partial charge is 0.478 e. The molecule has 1 aromatic rings. The lowest BCUT2D eigenvalue weighted by Gasteiger charge is -2.27. The fraction of sp³-hybridized carbons (Fsp3) is 0.417. The zero-order valence-corrected chi connectivity index (χ0v) is 10.00. The summed E-state index contributed by atoms with van der Waals surface area (Å²) in [6.45, 7) is 3.13. The molecule has 2 heterocycles. The molecule has 6 heteroatoms. The molecule has 18 heavy (non-hydrogen) atoms. The SMILES string of the molecule is Cc1c(/C=C/C(=O)O)nc(C=O)n1CC1CCO1. The van der Waals surface area contributed by atoms with E-state index in [9.17, 15) is 9.59 Å². The third kappa shape index (κ3) is 2.48. The number of nitrogens with zero attached hydrogens (tertiary/aromatic N) is 2. The van der Waals surface area contributed by atoms with Crippen LogP contribution < -0.4 is 0 Å². The summed E-state index contributed by atoms with van der Waals surface area (Å²) in [5, 5.41) is 8.58. The Morgan fingerprint density at radius 2 is 2.39 bits per heavy atom. The maximum atomic E-state index is 11.0. The maximum Gasteiger partial charge on any atom is 0.328 e. The normalized spacial score (nSPS) is 18.8. The Morgan fingerprint density at radius 3 is 2.89 bits per heavy atom. The molecule has 1 fully saturated rings. The predicted molar refractivity (Wildman–Crippen MR) is 63.4 cm³/mol. The zero-order valence-electron chi connectivity index (χ0n) is 10.00. The van der Waals surface area contributed by atoms with E-state index < -0.39 is 5.97 Å². The number of carbonyl (C=O) groups excluding carboxylic acids is 1. The van der Waals surface area contributed by atoms with Crippen molar-refractivity contribution in [1.29, 1.82) is 0 Å². The molecule has 0 aromatic carbocycles. The number of carboxylic acid groups (broad SMARTS) is 1. The van der Waals surface area contributed by atoms with E-state index in [0.29, 0.717) is 24.3 Å². The number of carbonyl (C=O) groups is 2. The molecule has 6 nitrogen and oxygen atoms in total. The summed E-state index contributed by atoms with van der Waals surface area (Å²) in [4.78, 5) is 25.5. The van der Waals surface area contributed by atoms with E-state index in [1.165, 1.54) is 6.08 Å². The first-order valence-electron chi connectivity index (χ1n) is 5.66. The third-order valence-corrected chi connectivity index (χ3v) is 2.96. The second-order valence-electron chi connectivity index (χ2n) is 4.12. The number of aldehydes is 1. The van der Waals surface area contributed by atoms with E-state index in [4.69, 9.17) is 9.84 Å². The van der Waals surface area contributed by atoms with Crippen molar-refractivity contribution in [3.8, 4) is 0 Å². The van der Waals surface area contributed by atoms with E-state index in [2.05, 4.69) is 4.98 Å². The second kappa shape index (κ2) is 5.14. The molecule has 1 aromatic heterocycles. The van der Waals surface area contributed by atoms with Gasteiger partial charge in [0.15, 0.2) is 12.1 Å². The van der Waals surface area contributed by atoms with E-state index >= 15 is 0 Å². The highest BCUT2D eigenvalue weighted by atomic mass is 16.5. The first-order valence-corrected chi connectivity index (χ1v) is 5.66. The van der Waals surface area contributed by atoms with Crippen molar-refractivity contribution in [2.45, 2.75) is 26.0 Å². The van der Waals surface area contributed by atoms with Crippen LogP contribution in [-0.4, -0.2) is 39.6 Å². The Bertz CT molecular complexity index is 500. The van der Waals surface area contributed by atoms with Gasteiger partial charge in [-0.3, -0.25) is 4.79 Å². The Kier molecular flexibility index (Phi) is 3.57. The van der Waals surface area contributed by atoms with Crippen molar-refractivity contribution in [3.63, 3.8) is 0 Å².